The molecule has 0 aliphatic rings. The molecule has 0 aliphatic carbocycles. The molecule has 78 valence electrons. The van der Waals surface area contributed by atoms with Crippen LogP contribution in [0.2, 0.25) is 10.0 Å². The van der Waals surface area contributed by atoms with Crippen LogP contribution in [0.1, 0.15) is 0 Å². The van der Waals surface area contributed by atoms with Gasteiger partial charge in [-0.25, -0.2) is 0 Å². The molecule has 2 aromatic rings. The van der Waals surface area contributed by atoms with Gasteiger partial charge in [0.05, 0.1) is 0 Å². The largest absolute Gasteiger partial charge is 1.00 e. The molecule has 0 aromatic heterocycles. The van der Waals surface area contributed by atoms with Gasteiger partial charge in [0.1, 0.15) is 0 Å². The van der Waals surface area contributed by atoms with E-state index in [4.69, 9.17) is 23.2 Å². The first-order chi connectivity index (χ1) is 7.11. The fraction of sp³-hybridized carbons (Fsp3) is 0. The Bertz CT molecular complexity index is 552. The molecule has 16 heavy (non-hydrogen) atoms. The van der Waals surface area contributed by atoms with E-state index in [-0.39, 0.29) is 34.5 Å². The van der Waals surface area contributed by atoms with Crippen LogP contribution in [0.3, 0.4) is 0 Å². The van der Waals surface area contributed by atoms with Gasteiger partial charge < -0.3 is 4.55 Å². The Morgan fingerprint density at radius 2 is 1.69 bits per heavy atom. The molecule has 0 fully saturated rings. The van der Waals surface area contributed by atoms with Gasteiger partial charge in [0.25, 0.3) is 0 Å². The van der Waals surface area contributed by atoms with E-state index in [0.29, 0.717) is 20.8 Å². The zero-order chi connectivity index (χ0) is 11.0. The molecule has 1 unspecified atom stereocenters. The van der Waals surface area contributed by atoms with Crippen LogP contribution in [0.4, 0.5) is 0 Å². The van der Waals surface area contributed by atoms with Gasteiger partial charge in [-0.05, 0) is 34.7 Å². The van der Waals surface area contributed by atoms with Crippen LogP contribution in [0.25, 0.3) is 10.8 Å². The quantitative estimate of drug-likeness (QED) is 0.561. The Kier molecular flexibility index (Phi) is 5.26. The Balaban J connectivity index is 0.00000128. The van der Waals surface area contributed by atoms with E-state index in [2.05, 4.69) is 0 Å². The fourth-order valence-corrected chi connectivity index (χ4v) is 2.56. The van der Waals surface area contributed by atoms with Crippen LogP contribution in [-0.4, -0.2) is 8.76 Å². The summed E-state index contributed by atoms with van der Waals surface area (Å²) < 4.78 is 21.9. The van der Waals surface area contributed by atoms with Crippen molar-refractivity contribution in [3.63, 3.8) is 0 Å². The maximum atomic E-state index is 11.0. The van der Waals surface area contributed by atoms with Crippen molar-refractivity contribution in [1.82, 2.24) is 0 Å². The molecule has 0 saturated heterocycles. The minimum Gasteiger partial charge on any atom is -0.768 e. The van der Waals surface area contributed by atoms with Crippen LogP contribution in [0.15, 0.2) is 35.2 Å². The molecule has 0 saturated carbocycles. The molecular formula is C10H5Cl2NaO2S. The van der Waals surface area contributed by atoms with Crippen LogP contribution in [-0.2, 0) is 11.1 Å². The topological polar surface area (TPSA) is 40.1 Å². The summed E-state index contributed by atoms with van der Waals surface area (Å²) in [6.07, 6.45) is 0. The molecule has 0 aliphatic heterocycles. The summed E-state index contributed by atoms with van der Waals surface area (Å²) in [6.45, 7) is 0. The van der Waals surface area contributed by atoms with Gasteiger partial charge in [0, 0.05) is 20.3 Å². The van der Waals surface area contributed by atoms with E-state index in [1.807, 2.05) is 0 Å². The summed E-state index contributed by atoms with van der Waals surface area (Å²) in [4.78, 5) is 0.205. The Morgan fingerprint density at radius 3 is 2.31 bits per heavy atom. The summed E-state index contributed by atoms with van der Waals surface area (Å²) in [7, 11) is 0. The molecule has 1 atom stereocenters. The van der Waals surface area contributed by atoms with Crippen molar-refractivity contribution in [2.24, 2.45) is 0 Å². The molecule has 0 heterocycles. The zero-order valence-electron chi connectivity index (χ0n) is 8.37. The minimum atomic E-state index is -2.29. The third-order valence-electron chi connectivity index (χ3n) is 2.08. The van der Waals surface area contributed by atoms with Crippen LogP contribution in [0, 0.1) is 0 Å². The smallest absolute Gasteiger partial charge is 0.768 e. The third kappa shape index (κ3) is 2.62. The molecule has 6 heteroatoms. The number of hydrogen-bond donors (Lipinski definition) is 0. The number of rotatable bonds is 1. The van der Waals surface area contributed by atoms with Crippen LogP contribution in [0.5, 0.6) is 0 Å². The average molecular weight is 283 g/mol. The minimum absolute atomic E-state index is 0. The molecule has 0 N–H and O–H groups in total. The predicted molar refractivity (Wildman–Crippen MR) is 61.2 cm³/mol. The van der Waals surface area contributed by atoms with Gasteiger partial charge in [-0.15, -0.1) is 0 Å². The number of benzene rings is 2. The molecule has 0 bridgehead atoms. The van der Waals surface area contributed by atoms with E-state index in [9.17, 15) is 8.76 Å². The first-order valence-electron chi connectivity index (χ1n) is 4.07. The second kappa shape index (κ2) is 5.83. The predicted octanol–water partition coefficient (Wildman–Crippen LogP) is 0.389. The van der Waals surface area contributed by atoms with Crippen LogP contribution >= 0.6 is 23.2 Å². The van der Waals surface area contributed by atoms with Crippen molar-refractivity contribution < 1.29 is 38.3 Å². The van der Waals surface area contributed by atoms with Gasteiger partial charge >= 0.3 is 29.6 Å². The molecule has 2 nitrogen and oxygen atoms in total. The second-order valence-corrected chi connectivity index (χ2v) is 4.67. The maximum Gasteiger partial charge on any atom is 1.00 e. The van der Waals surface area contributed by atoms with Crippen molar-refractivity contribution in [3.8, 4) is 0 Å². The monoisotopic (exact) mass is 282 g/mol. The number of halogens is 2. The molecule has 0 spiro atoms. The summed E-state index contributed by atoms with van der Waals surface area (Å²) in [5, 5.41) is 2.01. The van der Waals surface area contributed by atoms with Crippen molar-refractivity contribution in [2.75, 3.05) is 0 Å². The van der Waals surface area contributed by atoms with Crippen molar-refractivity contribution >= 4 is 45.1 Å². The van der Waals surface area contributed by atoms with Gasteiger partial charge in [0.15, 0.2) is 0 Å². The number of hydrogen-bond acceptors (Lipinski definition) is 2. The Morgan fingerprint density at radius 1 is 1.06 bits per heavy atom. The van der Waals surface area contributed by atoms with Crippen molar-refractivity contribution in [1.29, 1.82) is 0 Å². The van der Waals surface area contributed by atoms with E-state index in [0.717, 1.165) is 0 Å². The molecular weight excluding hydrogens is 278 g/mol. The van der Waals surface area contributed by atoms with Crippen molar-refractivity contribution in [2.45, 2.75) is 4.90 Å². The first kappa shape index (κ1) is 14.5. The number of fused-ring (bicyclic) bond motifs is 1. The summed E-state index contributed by atoms with van der Waals surface area (Å²) >= 11 is 9.62. The third-order valence-corrected chi connectivity index (χ3v) is 3.42. The van der Waals surface area contributed by atoms with E-state index >= 15 is 0 Å². The van der Waals surface area contributed by atoms with Crippen molar-refractivity contribution in [3.05, 3.63) is 40.4 Å². The van der Waals surface area contributed by atoms with Gasteiger partial charge in [-0.1, -0.05) is 35.3 Å². The zero-order valence-corrected chi connectivity index (χ0v) is 12.7. The summed E-state index contributed by atoms with van der Waals surface area (Å²) in [5.41, 5.74) is 0. The van der Waals surface area contributed by atoms with Gasteiger partial charge in [-0.2, -0.15) is 0 Å². The van der Waals surface area contributed by atoms with Gasteiger partial charge in [-0.3, -0.25) is 4.21 Å². The molecule has 2 rings (SSSR count). The van der Waals surface area contributed by atoms with E-state index in [1.165, 1.54) is 12.1 Å². The fourth-order valence-electron chi connectivity index (χ4n) is 1.44. The van der Waals surface area contributed by atoms with Crippen LogP contribution < -0.4 is 29.6 Å². The molecule has 0 amide bonds. The summed E-state index contributed by atoms with van der Waals surface area (Å²) in [6, 6.07) is 8.04. The SMILES string of the molecule is O=S([O-])c1ccc(Cl)c2c(Cl)cccc12.[Na+]. The summed E-state index contributed by atoms with van der Waals surface area (Å²) in [5.74, 6) is 0. The van der Waals surface area contributed by atoms with E-state index < -0.39 is 11.1 Å². The normalized spacial score (nSPS) is 12.2. The average Bonchev–Trinajstić information content (AvgIpc) is 2.17. The Labute approximate surface area is 128 Å². The van der Waals surface area contributed by atoms with E-state index in [1.54, 1.807) is 18.2 Å². The molecule has 2 aromatic carbocycles. The molecule has 0 radical (unpaired) electrons. The maximum absolute atomic E-state index is 11.0. The standard InChI is InChI=1S/C10H6Cl2O2S.Na/c11-7-3-1-2-6-9(15(13)14)5-4-8(12)10(6)7;/h1-5H,(H,13,14);/q;+1/p-1. The Hall–Kier alpha value is 0.390. The second-order valence-electron chi connectivity index (χ2n) is 2.94. The first-order valence-corrected chi connectivity index (χ1v) is 5.90. The van der Waals surface area contributed by atoms with Gasteiger partial charge in [0.2, 0.25) is 0 Å².